The summed E-state index contributed by atoms with van der Waals surface area (Å²) in [6, 6.07) is 11.5. The van der Waals surface area contributed by atoms with Crippen molar-refractivity contribution in [2.45, 2.75) is 20.0 Å². The topological polar surface area (TPSA) is 93.0 Å². The van der Waals surface area contributed by atoms with E-state index < -0.39 is 5.82 Å². The molecule has 10 heteroatoms. The third-order valence-corrected chi connectivity index (χ3v) is 4.28. The number of rotatable bonds is 8. The van der Waals surface area contributed by atoms with Crippen LogP contribution in [0.4, 0.5) is 8.78 Å². The van der Waals surface area contributed by atoms with Crippen molar-refractivity contribution in [3.63, 3.8) is 0 Å². The average molecular weight is 414 g/mol. The van der Waals surface area contributed by atoms with E-state index in [1.807, 2.05) is 0 Å². The van der Waals surface area contributed by atoms with Crippen molar-refractivity contribution in [2.75, 3.05) is 13.1 Å². The number of benzene rings is 2. The van der Waals surface area contributed by atoms with Gasteiger partial charge in [0.1, 0.15) is 18.2 Å². The smallest absolute Gasteiger partial charge is 0.246 e. The van der Waals surface area contributed by atoms with Gasteiger partial charge in [0, 0.05) is 18.7 Å². The normalized spacial score (nSPS) is 10.6. The number of tetrazole rings is 1. The maximum absolute atomic E-state index is 13.3. The van der Waals surface area contributed by atoms with Gasteiger partial charge in [0.05, 0.1) is 6.54 Å². The lowest BCUT2D eigenvalue weighted by Gasteiger charge is -2.20. The number of carbonyl (C=O) groups excluding carboxylic acids is 2. The second-order valence-corrected chi connectivity index (χ2v) is 6.46. The van der Waals surface area contributed by atoms with Crippen molar-refractivity contribution < 1.29 is 18.4 Å². The van der Waals surface area contributed by atoms with E-state index in [9.17, 15) is 18.4 Å². The monoisotopic (exact) mass is 414 g/mol. The van der Waals surface area contributed by atoms with Crippen LogP contribution in [-0.2, 0) is 22.7 Å². The van der Waals surface area contributed by atoms with Gasteiger partial charge in [0.2, 0.25) is 17.6 Å². The van der Waals surface area contributed by atoms with Crippen LogP contribution in [0.25, 0.3) is 11.4 Å². The number of likely N-dealkylation sites (N-methyl/N-ethyl adjacent to an activating group) is 1. The first-order valence-electron chi connectivity index (χ1n) is 9.27. The van der Waals surface area contributed by atoms with Crippen molar-refractivity contribution in [1.82, 2.24) is 30.4 Å². The molecule has 8 nitrogen and oxygen atoms in total. The average Bonchev–Trinajstić information content (AvgIpc) is 3.20. The fraction of sp³-hybridized carbons (Fsp3) is 0.250. The van der Waals surface area contributed by atoms with Crippen LogP contribution >= 0.6 is 0 Å². The van der Waals surface area contributed by atoms with Crippen LogP contribution in [0.15, 0.2) is 48.5 Å². The van der Waals surface area contributed by atoms with E-state index in [1.54, 1.807) is 25.1 Å². The Hall–Kier alpha value is -3.69. The number of nitrogens with one attached hydrogen (secondary N) is 1. The highest BCUT2D eigenvalue weighted by Crippen LogP contribution is 2.14. The fourth-order valence-corrected chi connectivity index (χ4v) is 2.68. The molecule has 0 atom stereocenters. The van der Waals surface area contributed by atoms with Gasteiger partial charge in [-0.25, -0.2) is 8.78 Å². The minimum atomic E-state index is -0.427. The Bertz CT molecular complexity index is 1020. The van der Waals surface area contributed by atoms with Crippen molar-refractivity contribution in [1.29, 1.82) is 0 Å². The third kappa shape index (κ3) is 5.66. The number of nitrogens with zero attached hydrogens (tertiary/aromatic N) is 5. The van der Waals surface area contributed by atoms with Gasteiger partial charge in [-0.05, 0) is 42.0 Å². The van der Waals surface area contributed by atoms with E-state index in [4.69, 9.17) is 0 Å². The second-order valence-electron chi connectivity index (χ2n) is 6.46. The first kappa shape index (κ1) is 21.0. The zero-order valence-electron chi connectivity index (χ0n) is 16.3. The highest BCUT2D eigenvalue weighted by Gasteiger charge is 2.18. The lowest BCUT2D eigenvalue weighted by atomic mass is 10.2. The van der Waals surface area contributed by atoms with E-state index in [0.717, 1.165) is 10.4 Å². The van der Waals surface area contributed by atoms with Crippen LogP contribution in [0, 0.1) is 11.6 Å². The number of halogens is 2. The van der Waals surface area contributed by atoms with Crippen LogP contribution in [0.3, 0.4) is 0 Å². The summed E-state index contributed by atoms with van der Waals surface area (Å²) in [5.74, 6) is -1.29. The van der Waals surface area contributed by atoms with Crippen molar-refractivity contribution in [3.05, 3.63) is 65.7 Å². The van der Waals surface area contributed by atoms with Crippen molar-refractivity contribution in [3.8, 4) is 11.4 Å². The van der Waals surface area contributed by atoms with E-state index in [-0.39, 0.29) is 43.1 Å². The summed E-state index contributed by atoms with van der Waals surface area (Å²) in [6.07, 6.45) is 0. The third-order valence-electron chi connectivity index (χ3n) is 4.28. The Kier molecular flexibility index (Phi) is 6.79. The van der Waals surface area contributed by atoms with Gasteiger partial charge in [-0.1, -0.05) is 24.3 Å². The first-order chi connectivity index (χ1) is 14.4. The maximum atomic E-state index is 13.3. The summed E-state index contributed by atoms with van der Waals surface area (Å²) in [5, 5.41) is 14.4. The molecule has 0 spiro atoms. The lowest BCUT2D eigenvalue weighted by molar-refractivity contribution is -0.136. The highest BCUT2D eigenvalue weighted by atomic mass is 19.1. The Morgan fingerprint density at radius 1 is 1.10 bits per heavy atom. The molecule has 2 aromatic carbocycles. The molecule has 1 aromatic heterocycles. The molecule has 2 amide bonds. The SMILES string of the molecule is CCN(CC(=O)NCc1ccc(F)cc1)C(=O)Cn1nnc(-c2cccc(F)c2)n1. The molecule has 0 aliphatic carbocycles. The van der Waals surface area contributed by atoms with Crippen LogP contribution < -0.4 is 5.32 Å². The number of carbonyl (C=O) groups is 2. The van der Waals surface area contributed by atoms with Gasteiger partial charge in [0.25, 0.3) is 0 Å². The summed E-state index contributed by atoms with van der Waals surface area (Å²) in [6.45, 7) is 1.95. The van der Waals surface area contributed by atoms with E-state index in [1.165, 1.54) is 35.2 Å². The summed E-state index contributed by atoms with van der Waals surface area (Å²) in [4.78, 5) is 27.1. The fourth-order valence-electron chi connectivity index (χ4n) is 2.68. The van der Waals surface area contributed by atoms with Gasteiger partial charge in [-0.3, -0.25) is 9.59 Å². The van der Waals surface area contributed by atoms with Gasteiger partial charge in [-0.2, -0.15) is 4.80 Å². The molecule has 0 unspecified atom stereocenters. The predicted octanol–water partition coefficient (Wildman–Crippen LogP) is 1.78. The quantitative estimate of drug-likeness (QED) is 0.607. The van der Waals surface area contributed by atoms with Crippen LogP contribution in [0.2, 0.25) is 0 Å². The van der Waals surface area contributed by atoms with Crippen molar-refractivity contribution >= 4 is 11.8 Å². The molecule has 0 aliphatic rings. The molecule has 0 saturated heterocycles. The summed E-state index contributed by atoms with van der Waals surface area (Å²) < 4.78 is 26.3. The molecule has 0 saturated carbocycles. The van der Waals surface area contributed by atoms with Crippen LogP contribution in [-0.4, -0.2) is 50.0 Å². The summed E-state index contributed by atoms with van der Waals surface area (Å²) >= 11 is 0. The molecule has 0 fully saturated rings. The van der Waals surface area contributed by atoms with E-state index in [2.05, 4.69) is 20.7 Å². The van der Waals surface area contributed by atoms with Gasteiger partial charge in [-0.15, -0.1) is 10.2 Å². The largest absolute Gasteiger partial charge is 0.350 e. The first-order valence-corrected chi connectivity index (χ1v) is 9.27. The molecule has 30 heavy (non-hydrogen) atoms. The summed E-state index contributed by atoms with van der Waals surface area (Å²) in [7, 11) is 0. The Morgan fingerprint density at radius 3 is 2.57 bits per heavy atom. The molecule has 156 valence electrons. The van der Waals surface area contributed by atoms with Gasteiger partial charge in [0.15, 0.2) is 0 Å². The minimum absolute atomic E-state index is 0.137. The maximum Gasteiger partial charge on any atom is 0.246 e. The summed E-state index contributed by atoms with van der Waals surface area (Å²) in [5.41, 5.74) is 1.19. The predicted molar refractivity (Wildman–Crippen MR) is 104 cm³/mol. The molecule has 1 heterocycles. The molecular formula is C20H20F2N6O2. The minimum Gasteiger partial charge on any atom is -0.350 e. The molecule has 0 bridgehead atoms. The zero-order chi connectivity index (χ0) is 21.5. The Balaban J connectivity index is 1.54. The van der Waals surface area contributed by atoms with E-state index in [0.29, 0.717) is 12.1 Å². The number of amides is 2. The Labute approximate surface area is 171 Å². The number of hydrogen-bond acceptors (Lipinski definition) is 5. The molecule has 0 aliphatic heterocycles. The zero-order valence-corrected chi connectivity index (χ0v) is 16.3. The lowest BCUT2D eigenvalue weighted by Crippen LogP contribution is -2.42. The molecular weight excluding hydrogens is 394 g/mol. The standard InChI is InChI=1S/C20H20F2N6O2/c1-2-27(12-18(29)23-11-14-6-8-16(21)9-7-14)19(30)13-28-25-20(24-26-28)15-4-3-5-17(22)10-15/h3-10H,2,11-13H2,1H3,(H,23,29). The van der Waals surface area contributed by atoms with Gasteiger partial charge >= 0.3 is 0 Å². The van der Waals surface area contributed by atoms with Gasteiger partial charge < -0.3 is 10.2 Å². The van der Waals surface area contributed by atoms with Crippen LogP contribution in [0.5, 0.6) is 0 Å². The molecule has 3 aromatic rings. The molecule has 0 radical (unpaired) electrons. The van der Waals surface area contributed by atoms with Crippen LogP contribution in [0.1, 0.15) is 12.5 Å². The number of aromatic nitrogens is 4. The number of hydrogen-bond donors (Lipinski definition) is 1. The van der Waals surface area contributed by atoms with E-state index >= 15 is 0 Å². The molecule has 1 N–H and O–H groups in total. The van der Waals surface area contributed by atoms with Crippen molar-refractivity contribution in [2.24, 2.45) is 0 Å². The molecule has 3 rings (SSSR count). The highest BCUT2D eigenvalue weighted by molar-refractivity contribution is 5.84. The Morgan fingerprint density at radius 2 is 1.87 bits per heavy atom. The second kappa shape index (κ2) is 9.68.